The highest BCUT2D eigenvalue weighted by Gasteiger charge is 2.35. The van der Waals surface area contributed by atoms with Crippen molar-refractivity contribution in [2.45, 2.75) is 6.04 Å². The molecule has 7 heteroatoms. The van der Waals surface area contributed by atoms with E-state index in [4.69, 9.17) is 0 Å². The van der Waals surface area contributed by atoms with Crippen molar-refractivity contribution in [1.82, 2.24) is 4.90 Å². The van der Waals surface area contributed by atoms with Crippen molar-refractivity contribution in [3.8, 4) is 0 Å². The maximum Gasteiger partial charge on any atom is 0.329 e. The maximum absolute atomic E-state index is 12.8. The van der Waals surface area contributed by atoms with Gasteiger partial charge in [0.1, 0.15) is 11.9 Å². The Labute approximate surface area is 114 Å². The van der Waals surface area contributed by atoms with Gasteiger partial charge < -0.3 is 15.0 Å². The summed E-state index contributed by atoms with van der Waals surface area (Å²) in [6.07, 6.45) is 0. The van der Waals surface area contributed by atoms with Crippen molar-refractivity contribution in [3.05, 3.63) is 30.1 Å². The Kier molecular flexibility index (Phi) is 4.26. The number of ether oxygens (including phenoxy) is 1. The summed E-state index contributed by atoms with van der Waals surface area (Å²) < 4.78 is 17.4. The lowest BCUT2D eigenvalue weighted by atomic mass is 10.3. The molecule has 1 aromatic carbocycles. The Balaban J connectivity index is 2.03. The standard InChI is InChI=1S/C12H13FN2O3S/c1-18-11(16)10-6-19-7-15(10)12(17)14-9-4-2-8(13)3-5-9/h2-5,10H,6-7H2,1H3,(H,14,17)/t10-/m1/s1. The lowest BCUT2D eigenvalue weighted by Gasteiger charge is -2.22. The first-order valence-electron chi connectivity index (χ1n) is 5.60. The first-order valence-corrected chi connectivity index (χ1v) is 6.76. The van der Waals surface area contributed by atoms with Crippen molar-refractivity contribution in [1.29, 1.82) is 0 Å². The number of thioether (sulfide) groups is 1. The molecular formula is C12H13FN2O3S. The molecule has 1 heterocycles. The molecule has 1 aliphatic heterocycles. The zero-order valence-electron chi connectivity index (χ0n) is 10.3. The largest absolute Gasteiger partial charge is 0.467 e. The number of carbonyl (C=O) groups is 2. The van der Waals surface area contributed by atoms with Crippen LogP contribution < -0.4 is 5.32 Å². The molecule has 0 saturated carbocycles. The molecule has 2 amide bonds. The van der Waals surface area contributed by atoms with Crippen LogP contribution in [0.5, 0.6) is 0 Å². The highest BCUT2D eigenvalue weighted by molar-refractivity contribution is 7.99. The predicted octanol–water partition coefficient (Wildman–Crippen LogP) is 1.91. The SMILES string of the molecule is COC(=O)[C@H]1CSCN1C(=O)Nc1ccc(F)cc1. The summed E-state index contributed by atoms with van der Waals surface area (Å²) in [5, 5.41) is 2.62. The second-order valence-corrected chi connectivity index (χ2v) is 4.95. The van der Waals surface area contributed by atoms with Gasteiger partial charge in [0, 0.05) is 11.4 Å². The topological polar surface area (TPSA) is 58.6 Å². The molecule has 0 spiro atoms. The minimum atomic E-state index is -0.574. The minimum absolute atomic E-state index is 0.373. The molecule has 0 radical (unpaired) electrons. The number of hydrogen-bond donors (Lipinski definition) is 1. The average Bonchev–Trinajstić information content (AvgIpc) is 2.90. The number of nitrogens with one attached hydrogen (secondary N) is 1. The highest BCUT2D eigenvalue weighted by Crippen LogP contribution is 2.23. The molecule has 0 aliphatic carbocycles. The summed E-state index contributed by atoms with van der Waals surface area (Å²) in [5.41, 5.74) is 0.479. The Morgan fingerprint density at radius 3 is 2.74 bits per heavy atom. The number of benzene rings is 1. The third-order valence-electron chi connectivity index (χ3n) is 2.71. The molecule has 2 rings (SSSR count). The van der Waals surface area contributed by atoms with E-state index in [9.17, 15) is 14.0 Å². The fourth-order valence-electron chi connectivity index (χ4n) is 1.70. The minimum Gasteiger partial charge on any atom is -0.467 e. The monoisotopic (exact) mass is 284 g/mol. The number of anilines is 1. The number of rotatable bonds is 2. The summed E-state index contributed by atoms with van der Waals surface area (Å²) in [4.78, 5) is 25.0. The molecule has 1 N–H and O–H groups in total. The van der Waals surface area contributed by atoms with E-state index in [1.54, 1.807) is 0 Å². The van der Waals surface area contributed by atoms with Gasteiger partial charge in [0.25, 0.3) is 0 Å². The number of halogens is 1. The van der Waals surface area contributed by atoms with Crippen molar-refractivity contribution < 1.29 is 18.7 Å². The number of carbonyl (C=O) groups excluding carboxylic acids is 2. The van der Waals surface area contributed by atoms with Gasteiger partial charge in [0.2, 0.25) is 0 Å². The number of methoxy groups -OCH3 is 1. The van der Waals surface area contributed by atoms with Crippen LogP contribution in [0.4, 0.5) is 14.9 Å². The van der Waals surface area contributed by atoms with E-state index >= 15 is 0 Å². The second kappa shape index (κ2) is 5.92. The van der Waals surface area contributed by atoms with E-state index in [0.29, 0.717) is 17.3 Å². The van der Waals surface area contributed by atoms with E-state index in [2.05, 4.69) is 10.1 Å². The van der Waals surface area contributed by atoms with Crippen LogP contribution in [0.25, 0.3) is 0 Å². The molecule has 1 atom stereocenters. The smallest absolute Gasteiger partial charge is 0.329 e. The van der Waals surface area contributed by atoms with Gasteiger partial charge in [-0.25, -0.2) is 14.0 Å². The van der Waals surface area contributed by atoms with E-state index in [-0.39, 0.29) is 5.82 Å². The number of amides is 2. The van der Waals surface area contributed by atoms with Gasteiger partial charge in [-0.05, 0) is 24.3 Å². The maximum atomic E-state index is 12.8. The van der Waals surface area contributed by atoms with Crippen LogP contribution in [-0.4, -0.2) is 41.7 Å². The summed E-state index contributed by atoms with van der Waals surface area (Å²) in [7, 11) is 1.29. The molecule has 102 valence electrons. The summed E-state index contributed by atoms with van der Waals surface area (Å²) in [6, 6.07) is 4.47. The molecule has 1 saturated heterocycles. The van der Waals surface area contributed by atoms with Crippen LogP contribution in [-0.2, 0) is 9.53 Å². The molecule has 5 nitrogen and oxygen atoms in total. The second-order valence-electron chi connectivity index (χ2n) is 3.95. The fourth-order valence-corrected chi connectivity index (χ4v) is 2.84. The van der Waals surface area contributed by atoms with Crippen molar-refractivity contribution in [2.24, 2.45) is 0 Å². The normalized spacial score (nSPS) is 18.2. The van der Waals surface area contributed by atoms with E-state index in [1.807, 2.05) is 0 Å². The number of esters is 1. The number of nitrogens with zero attached hydrogens (tertiary/aromatic N) is 1. The molecular weight excluding hydrogens is 271 g/mol. The predicted molar refractivity (Wildman–Crippen MR) is 70.4 cm³/mol. The van der Waals surface area contributed by atoms with Gasteiger partial charge in [-0.1, -0.05) is 0 Å². The molecule has 0 aromatic heterocycles. The van der Waals surface area contributed by atoms with Crippen LogP contribution in [0.15, 0.2) is 24.3 Å². The van der Waals surface area contributed by atoms with Crippen LogP contribution >= 0.6 is 11.8 Å². The average molecular weight is 284 g/mol. The van der Waals surface area contributed by atoms with Crippen LogP contribution in [0, 0.1) is 5.82 Å². The summed E-state index contributed by atoms with van der Waals surface area (Å²) in [6.45, 7) is 0. The van der Waals surface area contributed by atoms with Gasteiger partial charge in [-0.3, -0.25) is 0 Å². The van der Waals surface area contributed by atoms with Crippen molar-refractivity contribution in [2.75, 3.05) is 24.1 Å². The Morgan fingerprint density at radius 2 is 2.11 bits per heavy atom. The van der Waals surface area contributed by atoms with Gasteiger partial charge in [-0.15, -0.1) is 11.8 Å². The molecule has 1 fully saturated rings. The Morgan fingerprint density at radius 1 is 1.42 bits per heavy atom. The number of urea groups is 1. The third-order valence-corrected chi connectivity index (χ3v) is 3.72. The van der Waals surface area contributed by atoms with Gasteiger partial charge >= 0.3 is 12.0 Å². The number of hydrogen-bond acceptors (Lipinski definition) is 4. The first-order chi connectivity index (χ1) is 9.11. The summed E-state index contributed by atoms with van der Waals surface area (Å²) >= 11 is 1.48. The lowest BCUT2D eigenvalue weighted by Crippen LogP contribution is -2.44. The first kappa shape index (κ1) is 13.7. The molecule has 1 aromatic rings. The Hall–Kier alpha value is -1.76. The van der Waals surface area contributed by atoms with Gasteiger partial charge in [0.05, 0.1) is 13.0 Å². The third kappa shape index (κ3) is 3.17. The zero-order chi connectivity index (χ0) is 13.8. The van der Waals surface area contributed by atoms with E-state index in [0.717, 1.165) is 0 Å². The highest BCUT2D eigenvalue weighted by atomic mass is 32.2. The van der Waals surface area contributed by atoms with E-state index in [1.165, 1.54) is 48.0 Å². The van der Waals surface area contributed by atoms with Crippen molar-refractivity contribution in [3.63, 3.8) is 0 Å². The molecule has 1 aliphatic rings. The van der Waals surface area contributed by atoms with Crippen molar-refractivity contribution >= 4 is 29.4 Å². The quantitative estimate of drug-likeness (QED) is 0.843. The van der Waals surface area contributed by atoms with Crippen LogP contribution in [0.2, 0.25) is 0 Å². The fraction of sp³-hybridized carbons (Fsp3) is 0.333. The van der Waals surface area contributed by atoms with E-state index < -0.39 is 18.0 Å². The van der Waals surface area contributed by atoms with Crippen LogP contribution in [0.1, 0.15) is 0 Å². The van der Waals surface area contributed by atoms with Gasteiger partial charge in [-0.2, -0.15) is 0 Å². The summed E-state index contributed by atoms with van der Waals surface area (Å²) in [5.74, 6) is 0.137. The molecule has 0 bridgehead atoms. The van der Waals surface area contributed by atoms with Gasteiger partial charge in [0.15, 0.2) is 0 Å². The molecule has 0 unspecified atom stereocenters. The lowest BCUT2D eigenvalue weighted by molar-refractivity contribution is -0.144. The molecule has 19 heavy (non-hydrogen) atoms. The zero-order valence-corrected chi connectivity index (χ0v) is 11.1. The van der Waals surface area contributed by atoms with Crippen LogP contribution in [0.3, 0.4) is 0 Å². The Bertz CT molecular complexity index is 480.